The number of rotatable bonds is 6. The second-order valence-electron chi connectivity index (χ2n) is 7.05. The molecular formula is C21H25FN2O4S. The predicted octanol–water partition coefficient (Wildman–Crippen LogP) is 3.12. The van der Waals surface area contributed by atoms with Gasteiger partial charge in [0.25, 0.3) is 5.91 Å². The summed E-state index contributed by atoms with van der Waals surface area (Å²) in [5, 5.41) is 0. The molecule has 1 aliphatic heterocycles. The molecule has 0 unspecified atom stereocenters. The Bertz CT molecular complexity index is 969. The van der Waals surface area contributed by atoms with Crippen LogP contribution in [0.4, 0.5) is 4.39 Å². The fraction of sp³-hybridized carbons (Fsp3) is 0.381. The van der Waals surface area contributed by atoms with E-state index in [2.05, 4.69) is 4.72 Å². The van der Waals surface area contributed by atoms with E-state index in [1.807, 2.05) is 19.9 Å². The molecule has 6 nitrogen and oxygen atoms in total. The van der Waals surface area contributed by atoms with Crippen molar-refractivity contribution in [3.63, 3.8) is 0 Å². The summed E-state index contributed by atoms with van der Waals surface area (Å²) in [7, 11) is -3.72. The molecule has 2 aromatic carbocycles. The van der Waals surface area contributed by atoms with Crippen molar-refractivity contribution >= 4 is 15.9 Å². The van der Waals surface area contributed by atoms with E-state index >= 15 is 0 Å². The molecule has 0 atom stereocenters. The molecule has 0 spiro atoms. The van der Waals surface area contributed by atoms with Crippen LogP contribution in [0.3, 0.4) is 0 Å². The lowest BCUT2D eigenvalue weighted by molar-refractivity contribution is 0.0711. The summed E-state index contributed by atoms with van der Waals surface area (Å²) in [6.45, 7) is 5.30. The van der Waals surface area contributed by atoms with Gasteiger partial charge in [0.15, 0.2) is 0 Å². The highest BCUT2D eigenvalue weighted by atomic mass is 32.2. The molecule has 0 aliphatic carbocycles. The molecule has 1 aliphatic rings. The minimum absolute atomic E-state index is 0.0299. The topological polar surface area (TPSA) is 75.7 Å². The van der Waals surface area contributed by atoms with Crippen LogP contribution in [0, 0.1) is 12.7 Å². The summed E-state index contributed by atoms with van der Waals surface area (Å²) < 4.78 is 46.1. The minimum Gasteiger partial charge on any atom is -0.494 e. The summed E-state index contributed by atoms with van der Waals surface area (Å²) >= 11 is 0. The third-order valence-electron chi connectivity index (χ3n) is 4.95. The molecule has 0 bridgehead atoms. The maximum Gasteiger partial charge on any atom is 0.253 e. The number of halogens is 1. The molecule has 3 rings (SSSR count). The Morgan fingerprint density at radius 1 is 1.17 bits per heavy atom. The number of aryl methyl sites for hydroxylation is 1. The molecule has 1 amide bonds. The van der Waals surface area contributed by atoms with Gasteiger partial charge in [0.05, 0.1) is 11.5 Å². The van der Waals surface area contributed by atoms with Gasteiger partial charge in [-0.1, -0.05) is 0 Å². The summed E-state index contributed by atoms with van der Waals surface area (Å²) in [5.41, 5.74) is 1.50. The highest BCUT2D eigenvalue weighted by molar-refractivity contribution is 7.89. The number of hydrogen-bond donors (Lipinski definition) is 1. The van der Waals surface area contributed by atoms with Crippen LogP contribution in [0.5, 0.6) is 5.75 Å². The van der Waals surface area contributed by atoms with E-state index in [0.29, 0.717) is 38.1 Å². The van der Waals surface area contributed by atoms with Gasteiger partial charge in [-0.05, 0) is 74.7 Å². The monoisotopic (exact) mass is 420 g/mol. The Morgan fingerprint density at radius 3 is 2.41 bits per heavy atom. The zero-order chi connectivity index (χ0) is 21.0. The second-order valence-corrected chi connectivity index (χ2v) is 8.77. The van der Waals surface area contributed by atoms with Crippen LogP contribution in [-0.2, 0) is 10.0 Å². The molecule has 1 saturated heterocycles. The number of nitrogens with zero attached hydrogens (tertiary/aromatic N) is 1. The number of amides is 1. The Kier molecular flexibility index (Phi) is 6.54. The molecule has 0 radical (unpaired) electrons. The fourth-order valence-electron chi connectivity index (χ4n) is 3.38. The molecule has 0 aromatic heterocycles. The van der Waals surface area contributed by atoms with Crippen molar-refractivity contribution < 1.29 is 22.3 Å². The van der Waals surface area contributed by atoms with Crippen LogP contribution in [0.25, 0.3) is 0 Å². The van der Waals surface area contributed by atoms with Crippen LogP contribution in [0.2, 0.25) is 0 Å². The summed E-state index contributed by atoms with van der Waals surface area (Å²) in [6, 6.07) is 9.82. The molecular weight excluding hydrogens is 395 g/mol. The number of carbonyl (C=O) groups excluding carboxylic acids is 1. The Morgan fingerprint density at radius 2 is 1.83 bits per heavy atom. The minimum atomic E-state index is -3.72. The largest absolute Gasteiger partial charge is 0.494 e. The lowest BCUT2D eigenvalue weighted by Crippen LogP contribution is -2.46. The van der Waals surface area contributed by atoms with Crippen molar-refractivity contribution in [3.05, 3.63) is 59.4 Å². The van der Waals surface area contributed by atoms with E-state index in [-0.39, 0.29) is 16.8 Å². The van der Waals surface area contributed by atoms with Gasteiger partial charge in [0.1, 0.15) is 11.6 Å². The SMILES string of the molecule is CCOc1ccc(C(=O)N2CCC(NS(=O)(=O)c3ccc(F)cc3)CC2)cc1C. The van der Waals surface area contributed by atoms with Crippen molar-refractivity contribution in [2.24, 2.45) is 0 Å². The summed E-state index contributed by atoms with van der Waals surface area (Å²) in [4.78, 5) is 14.5. The lowest BCUT2D eigenvalue weighted by atomic mass is 10.0. The first-order valence-corrected chi connectivity index (χ1v) is 11.1. The zero-order valence-electron chi connectivity index (χ0n) is 16.5. The number of likely N-dealkylation sites (tertiary alicyclic amines) is 1. The molecule has 8 heteroatoms. The van der Waals surface area contributed by atoms with Crippen molar-refractivity contribution in [1.29, 1.82) is 0 Å². The number of nitrogens with one attached hydrogen (secondary N) is 1. The van der Waals surface area contributed by atoms with Crippen LogP contribution >= 0.6 is 0 Å². The molecule has 156 valence electrons. The van der Waals surface area contributed by atoms with Gasteiger partial charge < -0.3 is 9.64 Å². The van der Waals surface area contributed by atoms with Gasteiger partial charge in [-0.3, -0.25) is 4.79 Å². The molecule has 1 N–H and O–H groups in total. The quantitative estimate of drug-likeness (QED) is 0.779. The van der Waals surface area contributed by atoms with E-state index in [9.17, 15) is 17.6 Å². The van der Waals surface area contributed by atoms with Crippen LogP contribution < -0.4 is 9.46 Å². The zero-order valence-corrected chi connectivity index (χ0v) is 17.3. The van der Waals surface area contributed by atoms with Crippen molar-refractivity contribution in [3.8, 4) is 5.75 Å². The van der Waals surface area contributed by atoms with Gasteiger partial charge in [-0.15, -0.1) is 0 Å². The molecule has 29 heavy (non-hydrogen) atoms. The Labute approximate surface area is 170 Å². The van der Waals surface area contributed by atoms with Crippen molar-refractivity contribution in [2.45, 2.75) is 37.6 Å². The first-order chi connectivity index (χ1) is 13.8. The van der Waals surface area contributed by atoms with Crippen LogP contribution in [0.1, 0.15) is 35.7 Å². The molecule has 1 fully saturated rings. The van der Waals surface area contributed by atoms with Gasteiger partial charge >= 0.3 is 0 Å². The Hall–Kier alpha value is -2.45. The number of benzene rings is 2. The second kappa shape index (κ2) is 8.92. The van der Waals surface area contributed by atoms with E-state index in [1.165, 1.54) is 12.1 Å². The number of sulfonamides is 1. The van der Waals surface area contributed by atoms with Gasteiger partial charge in [0.2, 0.25) is 10.0 Å². The number of piperidine rings is 1. The standard InChI is InChI=1S/C21H25FN2O4S/c1-3-28-20-9-4-16(14-15(20)2)21(25)24-12-10-18(11-13-24)23-29(26,27)19-7-5-17(22)6-8-19/h4-9,14,18,23H,3,10-13H2,1-2H3. The van der Waals surface area contributed by atoms with E-state index in [0.717, 1.165) is 23.4 Å². The number of ether oxygens (including phenoxy) is 1. The van der Waals surface area contributed by atoms with E-state index in [1.54, 1.807) is 17.0 Å². The summed E-state index contributed by atoms with van der Waals surface area (Å²) in [5.74, 6) is 0.203. The van der Waals surface area contributed by atoms with Crippen molar-refractivity contribution in [2.75, 3.05) is 19.7 Å². The molecule has 0 saturated carbocycles. The number of carbonyl (C=O) groups is 1. The Balaban J connectivity index is 1.59. The van der Waals surface area contributed by atoms with Gasteiger partial charge in [-0.25, -0.2) is 17.5 Å². The predicted molar refractivity (Wildman–Crippen MR) is 108 cm³/mol. The first-order valence-electron chi connectivity index (χ1n) is 9.61. The van der Waals surface area contributed by atoms with E-state index < -0.39 is 15.8 Å². The van der Waals surface area contributed by atoms with Crippen LogP contribution in [0.15, 0.2) is 47.4 Å². The lowest BCUT2D eigenvalue weighted by Gasteiger charge is -2.32. The van der Waals surface area contributed by atoms with Gasteiger partial charge in [-0.2, -0.15) is 0 Å². The average molecular weight is 421 g/mol. The normalized spacial score (nSPS) is 15.3. The highest BCUT2D eigenvalue weighted by Crippen LogP contribution is 2.22. The number of hydrogen-bond acceptors (Lipinski definition) is 4. The van der Waals surface area contributed by atoms with Crippen molar-refractivity contribution in [1.82, 2.24) is 9.62 Å². The third kappa shape index (κ3) is 5.13. The molecule has 2 aromatic rings. The van der Waals surface area contributed by atoms with Gasteiger partial charge in [0, 0.05) is 24.7 Å². The van der Waals surface area contributed by atoms with E-state index in [4.69, 9.17) is 4.74 Å². The smallest absolute Gasteiger partial charge is 0.253 e. The average Bonchev–Trinajstić information content (AvgIpc) is 2.70. The first kappa shape index (κ1) is 21.3. The fourth-order valence-corrected chi connectivity index (χ4v) is 4.69. The maximum atomic E-state index is 13.0. The maximum absolute atomic E-state index is 13.0. The van der Waals surface area contributed by atoms with Crippen LogP contribution in [-0.4, -0.2) is 45.0 Å². The molecule has 1 heterocycles. The third-order valence-corrected chi connectivity index (χ3v) is 6.49. The highest BCUT2D eigenvalue weighted by Gasteiger charge is 2.27. The summed E-state index contributed by atoms with van der Waals surface area (Å²) in [6.07, 6.45) is 1.03.